The van der Waals surface area contributed by atoms with Gasteiger partial charge in [-0.15, -0.1) is 0 Å². The molecule has 100 valence electrons. The number of rotatable bonds is 4. The van der Waals surface area contributed by atoms with Gasteiger partial charge in [-0.05, 0) is 13.1 Å². The Morgan fingerprint density at radius 1 is 1.44 bits per heavy atom. The van der Waals surface area contributed by atoms with E-state index in [1.165, 1.54) is 11.8 Å². The fraction of sp³-hybridized carbons (Fsp3) is 0.538. The smallest absolute Gasteiger partial charge is 0.131 e. The number of hydrogen-bond donors (Lipinski definition) is 1. The fourth-order valence-corrected chi connectivity index (χ4v) is 5.03. The van der Waals surface area contributed by atoms with Crippen LogP contribution < -0.4 is 10.1 Å². The third-order valence-corrected chi connectivity index (χ3v) is 5.93. The minimum Gasteiger partial charge on any atom is -0.497 e. The summed E-state index contributed by atoms with van der Waals surface area (Å²) < 4.78 is 19.1. The highest BCUT2D eigenvalue weighted by molar-refractivity contribution is 8.06. The molecule has 1 aliphatic heterocycles. The second kappa shape index (κ2) is 6.68. The molecule has 0 amide bonds. The first-order valence-electron chi connectivity index (χ1n) is 5.96. The lowest BCUT2D eigenvalue weighted by Gasteiger charge is -2.29. The lowest BCUT2D eigenvalue weighted by molar-refractivity contribution is 0.409. The van der Waals surface area contributed by atoms with Crippen molar-refractivity contribution in [2.24, 2.45) is 0 Å². The van der Waals surface area contributed by atoms with Crippen LogP contribution in [0, 0.1) is 5.82 Å². The number of ether oxygens (including phenoxy) is 1. The van der Waals surface area contributed by atoms with Crippen molar-refractivity contribution >= 4 is 23.5 Å². The second-order valence-electron chi connectivity index (χ2n) is 4.14. The lowest BCUT2D eigenvalue weighted by atomic mass is 10.0. The molecule has 0 radical (unpaired) electrons. The summed E-state index contributed by atoms with van der Waals surface area (Å²) in [6, 6.07) is 5.17. The van der Waals surface area contributed by atoms with Crippen LogP contribution in [-0.4, -0.2) is 36.7 Å². The van der Waals surface area contributed by atoms with Gasteiger partial charge < -0.3 is 10.1 Å². The molecule has 1 aliphatic rings. The van der Waals surface area contributed by atoms with Crippen LogP contribution in [0.2, 0.25) is 0 Å². The molecule has 2 nitrogen and oxygen atoms in total. The highest BCUT2D eigenvalue weighted by atomic mass is 32.2. The minimum atomic E-state index is -0.190. The zero-order valence-corrected chi connectivity index (χ0v) is 12.2. The molecule has 0 saturated carbocycles. The molecule has 5 heteroatoms. The minimum absolute atomic E-state index is 0.0636. The Morgan fingerprint density at radius 3 is 2.83 bits per heavy atom. The van der Waals surface area contributed by atoms with E-state index in [4.69, 9.17) is 4.74 Å². The van der Waals surface area contributed by atoms with Gasteiger partial charge in [0.15, 0.2) is 0 Å². The highest BCUT2D eigenvalue weighted by Gasteiger charge is 2.26. The molecule has 18 heavy (non-hydrogen) atoms. The molecular formula is C13H18FNOS2. The van der Waals surface area contributed by atoms with Crippen LogP contribution in [0.3, 0.4) is 0 Å². The van der Waals surface area contributed by atoms with Crippen LogP contribution in [0.5, 0.6) is 5.75 Å². The molecule has 1 fully saturated rings. The molecular weight excluding hydrogens is 269 g/mol. The van der Waals surface area contributed by atoms with E-state index >= 15 is 0 Å². The predicted molar refractivity (Wildman–Crippen MR) is 78.3 cm³/mol. The number of nitrogens with one attached hydrogen (secondary N) is 1. The Bertz CT molecular complexity index is 397. The molecule has 1 aromatic rings. The number of thioether (sulfide) groups is 2. The van der Waals surface area contributed by atoms with Gasteiger partial charge in [-0.3, -0.25) is 0 Å². The van der Waals surface area contributed by atoms with Gasteiger partial charge in [-0.1, -0.05) is 6.07 Å². The van der Waals surface area contributed by atoms with E-state index in [-0.39, 0.29) is 11.9 Å². The largest absolute Gasteiger partial charge is 0.497 e. The molecule has 1 N–H and O–H groups in total. The SMILES string of the molecule is CNC(c1ccc(OC)cc1F)C1CSCCS1. The summed E-state index contributed by atoms with van der Waals surface area (Å²) in [5.74, 6) is 3.79. The Labute approximate surface area is 116 Å². The van der Waals surface area contributed by atoms with Crippen LogP contribution >= 0.6 is 23.5 Å². The van der Waals surface area contributed by atoms with Crippen LogP contribution in [0.15, 0.2) is 18.2 Å². The summed E-state index contributed by atoms with van der Waals surface area (Å²) in [5.41, 5.74) is 0.735. The van der Waals surface area contributed by atoms with Crippen molar-refractivity contribution in [2.75, 3.05) is 31.4 Å². The van der Waals surface area contributed by atoms with Gasteiger partial charge in [0.2, 0.25) is 0 Å². The van der Waals surface area contributed by atoms with Gasteiger partial charge in [0.05, 0.1) is 7.11 Å². The summed E-state index contributed by atoms with van der Waals surface area (Å²) in [4.78, 5) is 0. The van der Waals surface area contributed by atoms with Gasteiger partial charge in [-0.25, -0.2) is 4.39 Å². The van der Waals surface area contributed by atoms with Crippen LogP contribution in [0.1, 0.15) is 11.6 Å². The van der Waals surface area contributed by atoms with Gasteiger partial charge in [-0.2, -0.15) is 23.5 Å². The maximum Gasteiger partial charge on any atom is 0.131 e. The number of hydrogen-bond acceptors (Lipinski definition) is 4. The zero-order valence-electron chi connectivity index (χ0n) is 10.6. The molecule has 0 aliphatic carbocycles. The molecule has 1 heterocycles. The lowest BCUT2D eigenvalue weighted by Crippen LogP contribution is -2.32. The highest BCUT2D eigenvalue weighted by Crippen LogP contribution is 2.35. The van der Waals surface area contributed by atoms with Crippen LogP contribution in [-0.2, 0) is 0 Å². The standard InChI is InChI=1S/C13H18FNOS2/c1-15-13(12-8-17-5-6-18-12)10-4-3-9(16-2)7-11(10)14/h3-4,7,12-13,15H,5-6,8H2,1-2H3. The third kappa shape index (κ3) is 3.13. The quantitative estimate of drug-likeness (QED) is 0.919. The third-order valence-electron chi connectivity index (χ3n) is 3.07. The average Bonchev–Trinajstić information content (AvgIpc) is 2.42. The van der Waals surface area contributed by atoms with Crippen LogP contribution in [0.25, 0.3) is 0 Å². The summed E-state index contributed by atoms with van der Waals surface area (Å²) in [6.07, 6.45) is 0. The van der Waals surface area contributed by atoms with Crippen molar-refractivity contribution in [1.29, 1.82) is 0 Å². The van der Waals surface area contributed by atoms with Crippen molar-refractivity contribution < 1.29 is 9.13 Å². The molecule has 2 rings (SSSR count). The van der Waals surface area contributed by atoms with Crippen LogP contribution in [0.4, 0.5) is 4.39 Å². The Morgan fingerprint density at radius 2 is 2.28 bits per heavy atom. The average molecular weight is 287 g/mol. The number of methoxy groups -OCH3 is 1. The van der Waals surface area contributed by atoms with E-state index in [0.717, 1.165) is 17.1 Å². The van der Waals surface area contributed by atoms with Gasteiger partial charge in [0.25, 0.3) is 0 Å². The van der Waals surface area contributed by atoms with Crippen molar-refractivity contribution in [1.82, 2.24) is 5.32 Å². The Kier molecular flexibility index (Phi) is 5.21. The van der Waals surface area contributed by atoms with E-state index < -0.39 is 0 Å². The fourth-order valence-electron chi connectivity index (χ4n) is 2.13. The Hall–Kier alpha value is -0.390. The number of benzene rings is 1. The first-order valence-corrected chi connectivity index (χ1v) is 8.16. The van der Waals surface area contributed by atoms with E-state index in [1.807, 2.05) is 42.7 Å². The molecule has 1 aromatic carbocycles. The summed E-state index contributed by atoms with van der Waals surface area (Å²) in [5, 5.41) is 3.68. The maximum atomic E-state index is 14.1. The monoisotopic (exact) mass is 287 g/mol. The van der Waals surface area contributed by atoms with Crippen molar-refractivity contribution in [3.63, 3.8) is 0 Å². The van der Waals surface area contributed by atoms with Crippen molar-refractivity contribution in [2.45, 2.75) is 11.3 Å². The molecule has 2 unspecified atom stereocenters. The molecule has 0 bridgehead atoms. The Balaban J connectivity index is 2.20. The number of halogens is 1. The normalized spacial score (nSPS) is 21.6. The second-order valence-corrected chi connectivity index (χ2v) is 6.63. The molecule has 2 atom stereocenters. The van der Waals surface area contributed by atoms with E-state index in [2.05, 4.69) is 5.32 Å². The summed E-state index contributed by atoms with van der Waals surface area (Å²) in [7, 11) is 3.45. The van der Waals surface area contributed by atoms with Crippen molar-refractivity contribution in [3.8, 4) is 5.75 Å². The maximum absolute atomic E-state index is 14.1. The van der Waals surface area contributed by atoms with Gasteiger partial charge >= 0.3 is 0 Å². The van der Waals surface area contributed by atoms with Gasteiger partial charge in [0, 0.05) is 40.2 Å². The van der Waals surface area contributed by atoms with E-state index in [9.17, 15) is 4.39 Å². The molecule has 1 saturated heterocycles. The molecule has 0 aromatic heterocycles. The zero-order chi connectivity index (χ0) is 13.0. The first-order chi connectivity index (χ1) is 8.76. The van der Waals surface area contributed by atoms with Crippen molar-refractivity contribution in [3.05, 3.63) is 29.6 Å². The topological polar surface area (TPSA) is 21.3 Å². The summed E-state index contributed by atoms with van der Waals surface area (Å²) in [6.45, 7) is 0. The van der Waals surface area contributed by atoms with Gasteiger partial charge in [0.1, 0.15) is 11.6 Å². The predicted octanol–water partition coefficient (Wildman–Crippen LogP) is 2.94. The summed E-state index contributed by atoms with van der Waals surface area (Å²) >= 11 is 3.88. The molecule has 0 spiro atoms. The first kappa shape index (κ1) is 14.0. The van der Waals surface area contributed by atoms with E-state index in [1.54, 1.807) is 7.11 Å². The van der Waals surface area contributed by atoms with E-state index in [0.29, 0.717) is 11.0 Å².